The van der Waals surface area contributed by atoms with Crippen LogP contribution in [-0.2, 0) is 6.42 Å². The molecule has 1 aliphatic rings. The fourth-order valence-corrected chi connectivity index (χ4v) is 3.76. The minimum atomic E-state index is -0.744. The van der Waals surface area contributed by atoms with Gasteiger partial charge in [-0.15, -0.1) is 0 Å². The third-order valence-corrected chi connectivity index (χ3v) is 5.42. The molecule has 0 aromatic heterocycles. The number of unbranched alkanes of at least 4 members (excludes halogenated alkanes) is 2. The molecule has 0 spiro atoms. The van der Waals surface area contributed by atoms with Crippen LogP contribution in [0.4, 0.5) is 4.39 Å². The summed E-state index contributed by atoms with van der Waals surface area (Å²) < 4.78 is 20.3. The maximum atomic E-state index is 14.7. The topological polar surface area (TPSA) is 33.0 Å². The van der Waals surface area contributed by atoms with Gasteiger partial charge in [0.2, 0.25) is 0 Å². The fourth-order valence-electron chi connectivity index (χ4n) is 3.76. The zero-order chi connectivity index (χ0) is 17.9. The van der Waals surface area contributed by atoms with E-state index in [1.807, 2.05) is 24.3 Å². The molecule has 1 aliphatic carbocycles. The number of nitrogens with zero attached hydrogens (tertiary/aromatic N) is 1. The largest absolute Gasteiger partial charge is 0.494 e. The molecule has 1 aromatic carbocycles. The molecule has 138 valence electrons. The van der Waals surface area contributed by atoms with E-state index < -0.39 is 6.17 Å². The van der Waals surface area contributed by atoms with Gasteiger partial charge in [-0.3, -0.25) is 0 Å². The quantitative estimate of drug-likeness (QED) is 0.470. The van der Waals surface area contributed by atoms with Crippen molar-refractivity contribution in [1.29, 1.82) is 5.26 Å². The second kappa shape index (κ2) is 11.1. The highest BCUT2D eigenvalue weighted by molar-refractivity contribution is 5.27. The Labute approximate surface area is 152 Å². The predicted molar refractivity (Wildman–Crippen MR) is 100 cm³/mol. The molecule has 0 heterocycles. The third-order valence-electron chi connectivity index (χ3n) is 5.42. The zero-order valence-electron chi connectivity index (χ0n) is 15.6. The molecule has 25 heavy (non-hydrogen) atoms. The summed E-state index contributed by atoms with van der Waals surface area (Å²) in [5.41, 5.74) is 1.06. The number of halogens is 1. The van der Waals surface area contributed by atoms with Gasteiger partial charge in [0, 0.05) is 12.8 Å². The average molecular weight is 346 g/mol. The molecule has 2 rings (SSSR count). The van der Waals surface area contributed by atoms with Gasteiger partial charge in [-0.05, 0) is 61.6 Å². The Balaban J connectivity index is 1.71. The molecule has 1 unspecified atom stereocenters. The lowest BCUT2D eigenvalue weighted by molar-refractivity contribution is 0.151. The van der Waals surface area contributed by atoms with Crippen molar-refractivity contribution < 1.29 is 9.13 Å². The van der Waals surface area contributed by atoms with Crippen LogP contribution in [0.1, 0.15) is 70.3 Å². The summed E-state index contributed by atoms with van der Waals surface area (Å²) in [6.45, 7) is 2.90. The Kier molecular flexibility index (Phi) is 8.80. The first-order valence-electron chi connectivity index (χ1n) is 9.95. The van der Waals surface area contributed by atoms with Gasteiger partial charge in [0.25, 0.3) is 0 Å². The summed E-state index contributed by atoms with van der Waals surface area (Å²) in [7, 11) is 0. The first-order valence-corrected chi connectivity index (χ1v) is 9.95. The van der Waals surface area contributed by atoms with E-state index in [1.165, 1.54) is 0 Å². The lowest BCUT2D eigenvalue weighted by Crippen LogP contribution is -2.24. The number of hydrogen-bond acceptors (Lipinski definition) is 2. The van der Waals surface area contributed by atoms with Gasteiger partial charge in [-0.2, -0.15) is 5.26 Å². The maximum Gasteiger partial charge on any atom is 0.119 e. The number of ether oxygens (including phenoxy) is 1. The minimum Gasteiger partial charge on any atom is -0.494 e. The second-order valence-electron chi connectivity index (χ2n) is 7.40. The monoisotopic (exact) mass is 345 g/mol. The van der Waals surface area contributed by atoms with E-state index in [4.69, 9.17) is 10.00 Å². The molecule has 0 N–H and O–H groups in total. The van der Waals surface area contributed by atoms with Crippen molar-refractivity contribution >= 4 is 0 Å². The average Bonchev–Trinajstić information content (AvgIpc) is 2.64. The molecule has 1 saturated carbocycles. The molecule has 3 heteroatoms. The highest BCUT2D eigenvalue weighted by Crippen LogP contribution is 2.35. The second-order valence-corrected chi connectivity index (χ2v) is 7.40. The van der Waals surface area contributed by atoms with E-state index in [-0.39, 0.29) is 5.92 Å². The highest BCUT2D eigenvalue weighted by Gasteiger charge is 2.27. The molecular formula is C22H32FNO. The Morgan fingerprint density at radius 1 is 1.16 bits per heavy atom. The molecule has 0 amide bonds. The van der Waals surface area contributed by atoms with Crippen molar-refractivity contribution in [1.82, 2.24) is 0 Å². The van der Waals surface area contributed by atoms with Crippen LogP contribution in [0.3, 0.4) is 0 Å². The van der Waals surface area contributed by atoms with Crippen molar-refractivity contribution in [2.24, 2.45) is 11.8 Å². The standard InChI is InChI=1S/C22H32FNO/c1-2-3-16-25-21-13-9-19(10-14-21)17-22(23)20-11-7-18(8-12-20)6-4-5-15-24/h9-10,13-14,18,20,22H,2-8,11-12,16-17H2,1H3. The molecule has 0 bridgehead atoms. The Morgan fingerprint density at radius 2 is 1.88 bits per heavy atom. The van der Waals surface area contributed by atoms with Crippen LogP contribution in [0.5, 0.6) is 5.75 Å². The first kappa shape index (κ1) is 19.8. The number of benzene rings is 1. The smallest absolute Gasteiger partial charge is 0.119 e. The van der Waals surface area contributed by atoms with E-state index in [2.05, 4.69) is 13.0 Å². The van der Waals surface area contributed by atoms with Crippen molar-refractivity contribution in [3.05, 3.63) is 29.8 Å². The van der Waals surface area contributed by atoms with Gasteiger partial charge in [0.15, 0.2) is 0 Å². The summed E-state index contributed by atoms with van der Waals surface area (Å²) >= 11 is 0. The van der Waals surface area contributed by atoms with Gasteiger partial charge in [-0.1, -0.05) is 38.3 Å². The molecule has 1 fully saturated rings. The van der Waals surface area contributed by atoms with Gasteiger partial charge < -0.3 is 4.74 Å². The van der Waals surface area contributed by atoms with Crippen LogP contribution in [0, 0.1) is 23.2 Å². The van der Waals surface area contributed by atoms with Crippen molar-refractivity contribution in [2.45, 2.75) is 77.3 Å². The van der Waals surface area contributed by atoms with E-state index in [9.17, 15) is 4.39 Å². The molecule has 1 atom stereocenters. The summed E-state index contributed by atoms with van der Waals surface area (Å²) in [4.78, 5) is 0. The SMILES string of the molecule is CCCCOc1ccc(CC(F)C2CCC(CCCC#N)CC2)cc1. The molecule has 0 radical (unpaired) electrons. The van der Waals surface area contributed by atoms with Crippen molar-refractivity contribution in [3.8, 4) is 11.8 Å². The van der Waals surface area contributed by atoms with Gasteiger partial charge in [-0.25, -0.2) is 4.39 Å². The zero-order valence-corrected chi connectivity index (χ0v) is 15.6. The normalized spacial score (nSPS) is 21.5. The third kappa shape index (κ3) is 7.06. The molecule has 1 aromatic rings. The van der Waals surface area contributed by atoms with E-state index in [0.29, 0.717) is 18.8 Å². The van der Waals surface area contributed by atoms with E-state index >= 15 is 0 Å². The summed E-state index contributed by atoms with van der Waals surface area (Å²) in [5, 5.41) is 8.61. The van der Waals surface area contributed by atoms with Gasteiger partial charge in [0.05, 0.1) is 12.7 Å². The Morgan fingerprint density at radius 3 is 2.52 bits per heavy atom. The van der Waals surface area contributed by atoms with Crippen LogP contribution in [0.15, 0.2) is 24.3 Å². The van der Waals surface area contributed by atoms with E-state index in [1.54, 1.807) is 0 Å². The molecule has 0 saturated heterocycles. The Hall–Kier alpha value is -1.56. The molecule has 0 aliphatic heterocycles. The number of nitriles is 1. The Bertz CT molecular complexity index is 514. The van der Waals surface area contributed by atoms with E-state index in [0.717, 1.165) is 69.3 Å². The van der Waals surface area contributed by atoms with Crippen molar-refractivity contribution in [3.63, 3.8) is 0 Å². The fraction of sp³-hybridized carbons (Fsp3) is 0.682. The van der Waals surface area contributed by atoms with Crippen LogP contribution in [0.2, 0.25) is 0 Å². The molecule has 2 nitrogen and oxygen atoms in total. The summed E-state index contributed by atoms with van der Waals surface area (Å²) in [6, 6.07) is 10.1. The van der Waals surface area contributed by atoms with Crippen LogP contribution < -0.4 is 4.74 Å². The number of hydrogen-bond donors (Lipinski definition) is 0. The highest BCUT2D eigenvalue weighted by atomic mass is 19.1. The maximum absolute atomic E-state index is 14.7. The summed E-state index contributed by atoms with van der Waals surface area (Å²) in [5.74, 6) is 1.79. The van der Waals surface area contributed by atoms with Crippen LogP contribution in [0.25, 0.3) is 0 Å². The summed E-state index contributed by atoms with van der Waals surface area (Å²) in [6.07, 6.45) is 8.99. The number of rotatable bonds is 10. The lowest BCUT2D eigenvalue weighted by Gasteiger charge is -2.30. The first-order chi connectivity index (χ1) is 12.2. The lowest BCUT2D eigenvalue weighted by atomic mass is 9.77. The number of alkyl halides is 1. The minimum absolute atomic E-state index is 0.202. The van der Waals surface area contributed by atoms with Crippen molar-refractivity contribution in [2.75, 3.05) is 6.61 Å². The van der Waals surface area contributed by atoms with Gasteiger partial charge >= 0.3 is 0 Å². The van der Waals surface area contributed by atoms with Gasteiger partial charge in [0.1, 0.15) is 11.9 Å². The van der Waals surface area contributed by atoms with Crippen LogP contribution in [-0.4, -0.2) is 12.8 Å². The van der Waals surface area contributed by atoms with Crippen LogP contribution >= 0.6 is 0 Å². The predicted octanol–water partition coefficient (Wildman–Crippen LogP) is 6.25. The molecular weight excluding hydrogens is 313 g/mol.